The summed E-state index contributed by atoms with van der Waals surface area (Å²) in [6, 6.07) is 0. The van der Waals surface area contributed by atoms with Gasteiger partial charge in [-0.05, 0) is 31.6 Å². The Hall–Kier alpha value is -0.860. The van der Waals surface area contributed by atoms with Crippen LogP contribution in [0.2, 0.25) is 0 Å². The molecule has 0 fully saturated rings. The molecule has 0 aromatic heterocycles. The third-order valence-electron chi connectivity index (χ3n) is 6.31. The Kier molecular flexibility index (Phi) is 6.92. The van der Waals surface area contributed by atoms with Gasteiger partial charge in [-0.25, -0.2) is 0 Å². The zero-order chi connectivity index (χ0) is 19.7. The van der Waals surface area contributed by atoms with Crippen molar-refractivity contribution >= 4 is 11.7 Å². The zero-order valence-electron chi connectivity index (χ0n) is 18.2. The number of hydrogen-bond donors (Lipinski definition) is 1. The van der Waals surface area contributed by atoms with Crippen molar-refractivity contribution in [2.45, 2.75) is 95.0 Å². The van der Waals surface area contributed by atoms with Crippen LogP contribution in [0.4, 0.5) is 0 Å². The number of hydrogen-bond acceptors (Lipinski definition) is 2. The Morgan fingerprint density at radius 2 is 1.21 bits per heavy atom. The molecule has 0 aromatic rings. The molecule has 24 heavy (non-hydrogen) atoms. The average Bonchev–Trinajstić information content (AvgIpc) is 2.34. The molecule has 0 rings (SSSR count). The summed E-state index contributed by atoms with van der Waals surface area (Å²) >= 11 is 0. The van der Waals surface area contributed by atoms with Crippen LogP contribution in [-0.4, -0.2) is 17.2 Å². The van der Waals surface area contributed by atoms with Gasteiger partial charge >= 0.3 is 0 Å². The van der Waals surface area contributed by atoms with E-state index in [0.29, 0.717) is 5.92 Å². The third kappa shape index (κ3) is 4.61. The third-order valence-corrected chi connectivity index (χ3v) is 6.31. The molecule has 0 bridgehead atoms. The lowest BCUT2D eigenvalue weighted by atomic mass is 9.62. The van der Waals surface area contributed by atoms with E-state index in [0.717, 1.165) is 6.42 Å². The number of ketones is 1. The van der Waals surface area contributed by atoms with Crippen LogP contribution >= 0.6 is 0 Å². The zero-order valence-corrected chi connectivity index (χ0v) is 18.2. The van der Waals surface area contributed by atoms with E-state index in [9.17, 15) is 9.59 Å². The van der Waals surface area contributed by atoms with Gasteiger partial charge in [0.25, 0.3) is 0 Å². The minimum Gasteiger partial charge on any atom is -0.350 e. The van der Waals surface area contributed by atoms with E-state index in [1.165, 1.54) is 0 Å². The van der Waals surface area contributed by atoms with Crippen LogP contribution in [0.3, 0.4) is 0 Å². The van der Waals surface area contributed by atoms with Crippen molar-refractivity contribution < 1.29 is 9.59 Å². The molecule has 0 radical (unpaired) electrons. The van der Waals surface area contributed by atoms with Crippen molar-refractivity contribution in [3.05, 3.63) is 0 Å². The normalized spacial score (nSPS) is 14.2. The lowest BCUT2D eigenvalue weighted by Gasteiger charge is -2.47. The van der Waals surface area contributed by atoms with Crippen LogP contribution in [0.25, 0.3) is 0 Å². The van der Waals surface area contributed by atoms with Gasteiger partial charge in [-0.15, -0.1) is 0 Å². The summed E-state index contributed by atoms with van der Waals surface area (Å²) in [5.41, 5.74) is -1.90. The Morgan fingerprint density at radius 1 is 0.792 bits per heavy atom. The molecule has 0 aliphatic rings. The minimum atomic E-state index is -0.630. The molecular formula is C21H41NO2. The van der Waals surface area contributed by atoms with Gasteiger partial charge in [-0.1, -0.05) is 69.2 Å². The number of Topliss-reactive ketones (excluding diaryl/α,β-unsaturated/α-hetero) is 1. The highest BCUT2D eigenvalue weighted by molar-refractivity contribution is 5.89. The second-order valence-corrected chi connectivity index (χ2v) is 10.3. The van der Waals surface area contributed by atoms with E-state index >= 15 is 0 Å². The summed E-state index contributed by atoms with van der Waals surface area (Å²) in [5.74, 6) is 0.662. The molecule has 0 aliphatic heterocycles. The summed E-state index contributed by atoms with van der Waals surface area (Å²) in [7, 11) is 0. The predicted molar refractivity (Wildman–Crippen MR) is 103 cm³/mol. The van der Waals surface area contributed by atoms with Crippen molar-refractivity contribution in [1.29, 1.82) is 0 Å². The van der Waals surface area contributed by atoms with Crippen molar-refractivity contribution in [1.82, 2.24) is 5.32 Å². The molecule has 0 unspecified atom stereocenters. The van der Waals surface area contributed by atoms with Crippen molar-refractivity contribution in [2.24, 2.45) is 28.1 Å². The molecule has 0 saturated heterocycles. The molecule has 0 saturated carbocycles. The summed E-state index contributed by atoms with van der Waals surface area (Å²) in [5, 5.41) is 3.19. The van der Waals surface area contributed by atoms with E-state index in [-0.39, 0.29) is 23.0 Å². The monoisotopic (exact) mass is 339 g/mol. The molecule has 1 amide bonds. The highest BCUT2D eigenvalue weighted by atomic mass is 16.2. The van der Waals surface area contributed by atoms with Gasteiger partial charge in [0, 0.05) is 22.3 Å². The standard InChI is InChI=1S/C21H41NO2/c1-14(2)13-18(5,6)20(9,10)17(24)22-21(11,12)19(7,8)16(23)15(3)4/h14-15H,13H2,1-12H3,(H,22,24). The Labute approximate surface area is 150 Å². The van der Waals surface area contributed by atoms with Gasteiger partial charge in [-0.3, -0.25) is 9.59 Å². The van der Waals surface area contributed by atoms with E-state index in [2.05, 4.69) is 33.0 Å². The first-order valence-corrected chi connectivity index (χ1v) is 9.27. The van der Waals surface area contributed by atoms with Crippen molar-refractivity contribution in [3.8, 4) is 0 Å². The van der Waals surface area contributed by atoms with E-state index in [4.69, 9.17) is 0 Å². The largest absolute Gasteiger partial charge is 0.350 e. The van der Waals surface area contributed by atoms with E-state index in [1.807, 2.05) is 55.4 Å². The fourth-order valence-corrected chi connectivity index (χ4v) is 3.21. The molecular weight excluding hydrogens is 298 g/mol. The highest BCUT2D eigenvalue weighted by Gasteiger charge is 2.49. The minimum absolute atomic E-state index is 0.0165. The molecule has 3 heteroatoms. The Balaban J connectivity index is 5.51. The van der Waals surface area contributed by atoms with Gasteiger partial charge in [0.1, 0.15) is 5.78 Å². The average molecular weight is 340 g/mol. The van der Waals surface area contributed by atoms with E-state index < -0.39 is 16.4 Å². The maximum absolute atomic E-state index is 13.1. The number of carbonyl (C=O) groups is 2. The Morgan fingerprint density at radius 3 is 1.54 bits per heavy atom. The van der Waals surface area contributed by atoms with Crippen LogP contribution in [-0.2, 0) is 9.59 Å². The first-order chi connectivity index (χ1) is 10.4. The van der Waals surface area contributed by atoms with Crippen LogP contribution in [0.15, 0.2) is 0 Å². The second kappa shape index (κ2) is 7.17. The molecule has 0 heterocycles. The number of nitrogens with one attached hydrogen (secondary N) is 1. The van der Waals surface area contributed by atoms with Gasteiger partial charge in [-0.2, -0.15) is 0 Å². The molecule has 0 aromatic carbocycles. The van der Waals surface area contributed by atoms with Crippen molar-refractivity contribution in [3.63, 3.8) is 0 Å². The molecule has 142 valence electrons. The van der Waals surface area contributed by atoms with Crippen LogP contribution in [0.5, 0.6) is 0 Å². The van der Waals surface area contributed by atoms with Gasteiger partial charge in [0.2, 0.25) is 5.91 Å². The van der Waals surface area contributed by atoms with Gasteiger partial charge in [0.05, 0.1) is 0 Å². The summed E-state index contributed by atoms with van der Waals surface area (Å²) in [6.45, 7) is 24.3. The maximum atomic E-state index is 13.1. The lowest BCUT2D eigenvalue weighted by molar-refractivity contribution is -0.142. The number of carbonyl (C=O) groups excluding carboxylic acids is 2. The SMILES string of the molecule is CC(C)CC(C)(C)C(C)(C)C(=O)NC(C)(C)C(C)(C)C(=O)C(C)C. The first-order valence-electron chi connectivity index (χ1n) is 9.27. The summed E-state index contributed by atoms with van der Waals surface area (Å²) < 4.78 is 0. The van der Waals surface area contributed by atoms with Crippen LogP contribution in [0, 0.1) is 28.1 Å². The quantitative estimate of drug-likeness (QED) is 0.658. The highest BCUT2D eigenvalue weighted by Crippen LogP contribution is 2.44. The second-order valence-electron chi connectivity index (χ2n) is 10.3. The Bertz CT molecular complexity index is 468. The van der Waals surface area contributed by atoms with Crippen LogP contribution < -0.4 is 5.32 Å². The fraction of sp³-hybridized carbons (Fsp3) is 0.905. The van der Waals surface area contributed by atoms with Gasteiger partial charge < -0.3 is 5.32 Å². The van der Waals surface area contributed by atoms with Crippen molar-refractivity contribution in [2.75, 3.05) is 0 Å². The molecule has 0 spiro atoms. The molecule has 1 N–H and O–H groups in total. The first kappa shape index (κ1) is 23.1. The smallest absolute Gasteiger partial charge is 0.226 e. The van der Waals surface area contributed by atoms with E-state index in [1.54, 1.807) is 0 Å². The molecule has 0 aliphatic carbocycles. The maximum Gasteiger partial charge on any atom is 0.226 e. The topological polar surface area (TPSA) is 46.2 Å². The fourth-order valence-electron chi connectivity index (χ4n) is 3.21. The number of rotatable bonds is 8. The van der Waals surface area contributed by atoms with Crippen LogP contribution in [0.1, 0.15) is 89.5 Å². The van der Waals surface area contributed by atoms with Gasteiger partial charge in [0.15, 0.2) is 0 Å². The molecule has 0 atom stereocenters. The number of amides is 1. The predicted octanol–water partition coefficient (Wildman–Crippen LogP) is 5.23. The molecule has 3 nitrogen and oxygen atoms in total. The lowest BCUT2D eigenvalue weighted by Crippen LogP contribution is -2.61. The summed E-state index contributed by atoms with van der Waals surface area (Å²) in [4.78, 5) is 25.8. The summed E-state index contributed by atoms with van der Waals surface area (Å²) in [6.07, 6.45) is 0.974.